The van der Waals surface area contributed by atoms with Gasteiger partial charge in [-0.25, -0.2) is 0 Å². The Bertz CT molecular complexity index is 820. The molecule has 1 fully saturated rings. The van der Waals surface area contributed by atoms with Gasteiger partial charge in [0, 0.05) is 30.6 Å². The number of thioether (sulfide) groups is 1. The van der Waals surface area contributed by atoms with Crippen molar-refractivity contribution in [1.29, 1.82) is 0 Å². The van der Waals surface area contributed by atoms with Gasteiger partial charge in [0.2, 0.25) is 11.8 Å². The number of carbonyl (C=O) groups excluding carboxylic acids is 4. The molecule has 3 rings (SSSR count). The van der Waals surface area contributed by atoms with Crippen LogP contribution in [0.2, 0.25) is 0 Å². The van der Waals surface area contributed by atoms with Gasteiger partial charge < -0.3 is 19.9 Å². The summed E-state index contributed by atoms with van der Waals surface area (Å²) in [5.74, 6) is -0.535. The molecule has 0 bridgehead atoms. The summed E-state index contributed by atoms with van der Waals surface area (Å²) in [5, 5.41) is 2.77. The first-order valence-electron chi connectivity index (χ1n) is 9.65. The fourth-order valence-electron chi connectivity index (χ4n) is 3.44. The van der Waals surface area contributed by atoms with Crippen molar-refractivity contribution in [3.63, 3.8) is 0 Å². The number of ether oxygens (including phenoxy) is 1. The molecule has 156 valence electrons. The lowest BCUT2D eigenvalue weighted by molar-refractivity contribution is -0.151. The first-order chi connectivity index (χ1) is 13.9. The van der Waals surface area contributed by atoms with E-state index in [-0.39, 0.29) is 36.2 Å². The Morgan fingerprint density at radius 1 is 1.28 bits per heavy atom. The second kappa shape index (κ2) is 9.30. The van der Waals surface area contributed by atoms with E-state index in [4.69, 9.17) is 4.74 Å². The summed E-state index contributed by atoms with van der Waals surface area (Å²) >= 11 is 1.43. The van der Waals surface area contributed by atoms with E-state index in [0.717, 1.165) is 4.90 Å². The van der Waals surface area contributed by atoms with Crippen LogP contribution in [0.3, 0.4) is 0 Å². The molecule has 1 N–H and O–H groups in total. The number of fused-ring (bicyclic) bond motifs is 1. The zero-order valence-corrected chi connectivity index (χ0v) is 17.4. The van der Waals surface area contributed by atoms with Crippen molar-refractivity contribution in [3.8, 4) is 0 Å². The summed E-state index contributed by atoms with van der Waals surface area (Å²) in [6.07, 6.45) is 1.15. The molecule has 29 heavy (non-hydrogen) atoms. The van der Waals surface area contributed by atoms with Gasteiger partial charge in [0.05, 0.1) is 30.5 Å². The summed E-state index contributed by atoms with van der Waals surface area (Å²) < 4.78 is 5.05. The molecule has 2 aliphatic heterocycles. The predicted molar refractivity (Wildman–Crippen MR) is 109 cm³/mol. The number of rotatable bonds is 5. The Hall–Kier alpha value is -2.55. The van der Waals surface area contributed by atoms with E-state index in [2.05, 4.69) is 5.32 Å². The summed E-state index contributed by atoms with van der Waals surface area (Å²) in [5.41, 5.74) is 1.04. The zero-order valence-electron chi connectivity index (χ0n) is 16.6. The molecule has 0 radical (unpaired) electrons. The maximum atomic E-state index is 12.7. The molecule has 2 heterocycles. The largest absolute Gasteiger partial charge is 0.466 e. The first kappa shape index (κ1) is 21.2. The number of amides is 3. The summed E-state index contributed by atoms with van der Waals surface area (Å²) in [6, 6.07) is 5.16. The van der Waals surface area contributed by atoms with Crippen LogP contribution in [-0.2, 0) is 19.1 Å². The molecule has 1 aromatic rings. The molecule has 9 heteroatoms. The lowest BCUT2D eigenvalue weighted by Crippen LogP contribution is -2.45. The van der Waals surface area contributed by atoms with Gasteiger partial charge in [-0.3, -0.25) is 19.2 Å². The summed E-state index contributed by atoms with van der Waals surface area (Å²) in [7, 11) is 1.58. The third-order valence-corrected chi connectivity index (χ3v) is 6.12. The van der Waals surface area contributed by atoms with Gasteiger partial charge in [0.1, 0.15) is 0 Å². The number of nitrogens with zero attached hydrogens (tertiary/aromatic N) is 2. The number of nitrogens with one attached hydrogen (secondary N) is 1. The third kappa shape index (κ3) is 5.09. The minimum Gasteiger partial charge on any atom is -0.466 e. The van der Waals surface area contributed by atoms with E-state index < -0.39 is 0 Å². The van der Waals surface area contributed by atoms with Crippen molar-refractivity contribution in [1.82, 2.24) is 9.80 Å². The maximum Gasteiger partial charge on any atom is 0.309 e. The molecule has 1 aromatic carbocycles. The van der Waals surface area contributed by atoms with Crippen LogP contribution in [0.25, 0.3) is 0 Å². The zero-order chi connectivity index (χ0) is 21.0. The highest BCUT2D eigenvalue weighted by atomic mass is 32.2. The molecule has 0 atom stereocenters. The predicted octanol–water partition coefficient (Wildman–Crippen LogP) is 1.60. The van der Waals surface area contributed by atoms with Crippen molar-refractivity contribution in [2.75, 3.05) is 44.4 Å². The molecule has 8 nitrogen and oxygen atoms in total. The van der Waals surface area contributed by atoms with Crippen LogP contribution in [0, 0.1) is 5.92 Å². The normalized spacial score (nSPS) is 16.6. The molecule has 2 aliphatic rings. The molecular formula is C20H25N3O5S. The number of benzene rings is 1. The standard InChI is InChI=1S/C20H25N3O5S/c1-3-28-20(27)13-6-8-23(9-7-13)18(25)11-22(2)19(26)14-4-5-16-15(10-14)21-17(24)12-29-16/h4-5,10,13H,3,6-9,11-12H2,1-2H3,(H,21,24). The summed E-state index contributed by atoms with van der Waals surface area (Å²) in [4.78, 5) is 52.6. The smallest absolute Gasteiger partial charge is 0.309 e. The number of likely N-dealkylation sites (tertiary alicyclic amines) is 1. The van der Waals surface area contributed by atoms with E-state index in [9.17, 15) is 19.2 Å². The minimum absolute atomic E-state index is 0.0406. The van der Waals surface area contributed by atoms with Gasteiger partial charge in [0.15, 0.2) is 0 Å². The topological polar surface area (TPSA) is 96.0 Å². The van der Waals surface area contributed by atoms with Gasteiger partial charge >= 0.3 is 5.97 Å². The summed E-state index contributed by atoms with van der Waals surface area (Å²) in [6.45, 7) is 3.05. The number of anilines is 1. The van der Waals surface area contributed by atoms with Crippen molar-refractivity contribution in [2.24, 2.45) is 5.92 Å². The van der Waals surface area contributed by atoms with Crippen LogP contribution >= 0.6 is 11.8 Å². The van der Waals surface area contributed by atoms with E-state index in [1.54, 1.807) is 31.0 Å². The quantitative estimate of drug-likeness (QED) is 0.729. The molecule has 0 unspecified atom stereocenters. The average Bonchev–Trinajstić information content (AvgIpc) is 2.72. The van der Waals surface area contributed by atoms with Crippen molar-refractivity contribution >= 4 is 41.1 Å². The lowest BCUT2D eigenvalue weighted by atomic mass is 9.97. The Labute approximate surface area is 173 Å². The van der Waals surface area contributed by atoms with E-state index in [1.807, 2.05) is 6.07 Å². The Kier molecular flexibility index (Phi) is 6.79. The van der Waals surface area contributed by atoms with Crippen LogP contribution in [0.5, 0.6) is 0 Å². The lowest BCUT2D eigenvalue weighted by Gasteiger charge is -2.32. The number of hydrogen-bond donors (Lipinski definition) is 1. The van der Waals surface area contributed by atoms with Gasteiger partial charge in [-0.1, -0.05) is 0 Å². The molecule has 0 aliphatic carbocycles. The van der Waals surface area contributed by atoms with Gasteiger partial charge in [-0.05, 0) is 38.0 Å². The highest BCUT2D eigenvalue weighted by molar-refractivity contribution is 8.00. The highest BCUT2D eigenvalue weighted by Gasteiger charge is 2.29. The van der Waals surface area contributed by atoms with Crippen LogP contribution in [0.15, 0.2) is 23.1 Å². The monoisotopic (exact) mass is 419 g/mol. The minimum atomic E-state index is -0.285. The maximum absolute atomic E-state index is 12.7. The van der Waals surface area contributed by atoms with Crippen molar-refractivity contribution in [3.05, 3.63) is 23.8 Å². The highest BCUT2D eigenvalue weighted by Crippen LogP contribution is 2.32. The fourth-order valence-corrected chi connectivity index (χ4v) is 4.22. The fraction of sp³-hybridized carbons (Fsp3) is 0.500. The molecule has 0 saturated carbocycles. The number of piperidine rings is 1. The molecular weight excluding hydrogens is 394 g/mol. The van der Waals surface area contributed by atoms with Gasteiger partial charge in [0.25, 0.3) is 5.91 Å². The van der Waals surface area contributed by atoms with Crippen molar-refractivity contribution in [2.45, 2.75) is 24.7 Å². The second-order valence-corrected chi connectivity index (χ2v) is 8.13. The van der Waals surface area contributed by atoms with E-state index in [1.165, 1.54) is 16.7 Å². The number of carbonyl (C=O) groups is 4. The molecule has 0 aromatic heterocycles. The average molecular weight is 420 g/mol. The van der Waals surface area contributed by atoms with Gasteiger partial charge in [-0.2, -0.15) is 0 Å². The van der Waals surface area contributed by atoms with Crippen molar-refractivity contribution < 1.29 is 23.9 Å². The number of likely N-dealkylation sites (N-methyl/N-ethyl adjacent to an activating group) is 1. The van der Waals surface area contributed by atoms with Gasteiger partial charge in [-0.15, -0.1) is 11.8 Å². The Morgan fingerprint density at radius 3 is 2.69 bits per heavy atom. The van der Waals surface area contributed by atoms with E-state index in [0.29, 0.717) is 49.5 Å². The Morgan fingerprint density at radius 2 is 2.00 bits per heavy atom. The number of hydrogen-bond acceptors (Lipinski definition) is 6. The third-order valence-electron chi connectivity index (χ3n) is 5.05. The number of esters is 1. The van der Waals surface area contributed by atoms with Crippen LogP contribution < -0.4 is 5.32 Å². The molecule has 0 spiro atoms. The first-order valence-corrected chi connectivity index (χ1v) is 10.6. The SMILES string of the molecule is CCOC(=O)C1CCN(C(=O)CN(C)C(=O)c2ccc3c(c2)NC(=O)CS3)CC1. The Balaban J connectivity index is 1.55. The molecule has 3 amide bonds. The van der Waals surface area contributed by atoms with Crippen LogP contribution in [-0.4, -0.2) is 72.5 Å². The van der Waals surface area contributed by atoms with Crippen LogP contribution in [0.1, 0.15) is 30.1 Å². The van der Waals surface area contributed by atoms with Crippen LogP contribution in [0.4, 0.5) is 5.69 Å². The molecule has 1 saturated heterocycles. The second-order valence-electron chi connectivity index (χ2n) is 7.12. The van der Waals surface area contributed by atoms with E-state index >= 15 is 0 Å².